The SMILES string of the molecule is OC[C@H]1O[C@H](O[C@@H]2[C@@H](OC[C@H]3O[C@H](OC[C@H]4O[C@H](O[C@H]5[C@H](O)[C@@H](CO)O[C@H](O[C@@H]6[C@H](O)[C@@H](O)[C@H](OC[C@H]7O[C@H](O)[C@@H](O)[C@@H](O)[C@@H]7O)O[C@@H]6CO)[C@H]5O[C@@H]5OC[C@@H](O)[C@H](O)[C@H]5O)[C@@H](O)[C@@H](O)[C@@H]4O)[C@@H](O)[C@@H](O)[C@@H]3O)O[C@H](CO)[C@@H](O)[C@@H]2O)[C@@H](O)[C@@H](O)[C@@H]1O. The molecule has 87 heavy (non-hydrogen) atoms. The van der Waals surface area contributed by atoms with E-state index >= 15 is 0 Å². The lowest BCUT2D eigenvalue weighted by molar-refractivity contribution is -0.403. The highest BCUT2D eigenvalue weighted by molar-refractivity contribution is 5.00. The van der Waals surface area contributed by atoms with Gasteiger partial charge in [0.25, 0.3) is 0 Å². The third kappa shape index (κ3) is 15.2. The van der Waals surface area contributed by atoms with Crippen molar-refractivity contribution in [1.29, 1.82) is 0 Å². The van der Waals surface area contributed by atoms with Crippen LogP contribution in [0.1, 0.15) is 0 Å². The minimum Gasteiger partial charge on any atom is -0.394 e. The Labute approximate surface area is 490 Å². The van der Waals surface area contributed by atoms with E-state index in [1.807, 2.05) is 0 Å². The first-order valence-corrected chi connectivity index (χ1v) is 27.6. The quantitative estimate of drug-likeness (QED) is 0.0507. The van der Waals surface area contributed by atoms with Crippen molar-refractivity contribution < 1.29 is 199 Å². The molecule has 508 valence electrons. The topological polar surface area (TPSA) is 644 Å². The number of rotatable bonds is 21. The van der Waals surface area contributed by atoms with Crippen molar-refractivity contribution in [2.75, 3.05) is 52.9 Å². The molecule has 8 rings (SSSR count). The smallest absolute Gasteiger partial charge is 0.187 e. The highest BCUT2D eigenvalue weighted by atomic mass is 16.8. The summed E-state index contributed by atoms with van der Waals surface area (Å²) in [5, 5.41) is 266. The normalized spacial score (nSPS) is 53.7. The van der Waals surface area contributed by atoms with E-state index in [9.17, 15) is 128 Å². The maximum Gasteiger partial charge on any atom is 0.187 e. The van der Waals surface area contributed by atoms with Crippen LogP contribution in [0, 0.1) is 0 Å². The van der Waals surface area contributed by atoms with Crippen LogP contribution in [0.3, 0.4) is 0 Å². The zero-order valence-electron chi connectivity index (χ0n) is 45.5. The van der Waals surface area contributed by atoms with Crippen LogP contribution in [0.2, 0.25) is 0 Å². The van der Waals surface area contributed by atoms with Crippen LogP contribution < -0.4 is 0 Å². The number of aliphatic hydroxyl groups is 25. The average Bonchev–Trinajstić information content (AvgIpc) is 0.986. The minimum absolute atomic E-state index is 0.704. The maximum absolute atomic E-state index is 11.7. The molecule has 0 unspecified atom stereocenters. The molecule has 0 aromatic carbocycles. The molecule has 8 aliphatic heterocycles. The van der Waals surface area contributed by atoms with Gasteiger partial charge in [-0.05, 0) is 0 Å². The van der Waals surface area contributed by atoms with Crippen molar-refractivity contribution >= 4 is 0 Å². The molecule has 39 atom stereocenters. The predicted octanol–water partition coefficient (Wildman–Crippen LogP) is -17.8. The molecule has 25 N–H and O–H groups in total. The maximum atomic E-state index is 11.7. The summed E-state index contributed by atoms with van der Waals surface area (Å²) in [5.74, 6) is 0. The average molecular weight is 1290 g/mol. The van der Waals surface area contributed by atoms with Crippen molar-refractivity contribution in [2.45, 2.75) is 240 Å². The summed E-state index contributed by atoms with van der Waals surface area (Å²) >= 11 is 0. The van der Waals surface area contributed by atoms with Gasteiger partial charge in [-0.2, -0.15) is 0 Å². The Morgan fingerprint density at radius 1 is 0.241 bits per heavy atom. The monoisotopic (exact) mass is 1280 g/mol. The molecular formula is C47H80O40. The summed E-state index contributed by atoms with van der Waals surface area (Å²) in [4.78, 5) is 0. The van der Waals surface area contributed by atoms with E-state index in [1.54, 1.807) is 0 Å². The third-order valence-corrected chi connectivity index (χ3v) is 16.2. The summed E-state index contributed by atoms with van der Waals surface area (Å²) in [5.41, 5.74) is 0. The van der Waals surface area contributed by atoms with E-state index in [0.29, 0.717) is 0 Å². The molecule has 0 aliphatic carbocycles. The summed E-state index contributed by atoms with van der Waals surface area (Å²) in [7, 11) is 0. The number of aliphatic hydroxyl groups excluding tert-OH is 25. The number of hydrogen-bond donors (Lipinski definition) is 25. The van der Waals surface area contributed by atoms with Crippen LogP contribution in [0.5, 0.6) is 0 Å². The highest BCUT2D eigenvalue weighted by Crippen LogP contribution is 2.38. The molecule has 0 saturated carbocycles. The first kappa shape index (κ1) is 71.3. The van der Waals surface area contributed by atoms with E-state index in [0.717, 1.165) is 0 Å². The van der Waals surface area contributed by atoms with Gasteiger partial charge in [-0.3, -0.25) is 0 Å². The molecule has 0 bridgehead atoms. The second-order valence-corrected chi connectivity index (χ2v) is 22.0. The molecule has 8 heterocycles. The first-order valence-electron chi connectivity index (χ1n) is 27.6. The van der Waals surface area contributed by atoms with Crippen LogP contribution in [0.15, 0.2) is 0 Å². The van der Waals surface area contributed by atoms with Gasteiger partial charge < -0.3 is 199 Å². The van der Waals surface area contributed by atoms with Crippen molar-refractivity contribution in [1.82, 2.24) is 0 Å². The Hall–Kier alpha value is -1.60. The van der Waals surface area contributed by atoms with Gasteiger partial charge in [0.15, 0.2) is 50.3 Å². The van der Waals surface area contributed by atoms with Gasteiger partial charge in [-0.1, -0.05) is 0 Å². The second kappa shape index (κ2) is 30.6. The lowest BCUT2D eigenvalue weighted by Crippen LogP contribution is -2.68. The van der Waals surface area contributed by atoms with Crippen molar-refractivity contribution in [3.8, 4) is 0 Å². The van der Waals surface area contributed by atoms with E-state index in [2.05, 4.69) is 0 Å². The Morgan fingerprint density at radius 3 is 1.10 bits per heavy atom. The molecular weight excluding hydrogens is 1200 g/mol. The van der Waals surface area contributed by atoms with E-state index in [1.165, 1.54) is 0 Å². The molecule has 8 saturated heterocycles. The zero-order valence-corrected chi connectivity index (χ0v) is 45.5. The zero-order chi connectivity index (χ0) is 63.8. The van der Waals surface area contributed by atoms with Gasteiger partial charge in [0.05, 0.1) is 52.9 Å². The predicted molar refractivity (Wildman–Crippen MR) is 258 cm³/mol. The molecule has 0 spiro atoms. The Morgan fingerprint density at radius 2 is 0.575 bits per heavy atom. The van der Waals surface area contributed by atoms with E-state index in [-0.39, 0.29) is 0 Å². The van der Waals surface area contributed by atoms with Gasteiger partial charge >= 0.3 is 0 Å². The Balaban J connectivity index is 0.967. The van der Waals surface area contributed by atoms with Crippen LogP contribution in [-0.4, -0.2) is 420 Å². The number of ether oxygens (including phenoxy) is 15. The second-order valence-electron chi connectivity index (χ2n) is 22.0. The van der Waals surface area contributed by atoms with Crippen molar-refractivity contribution in [3.63, 3.8) is 0 Å². The molecule has 40 nitrogen and oxygen atoms in total. The summed E-state index contributed by atoms with van der Waals surface area (Å²) in [6.45, 7) is -7.37. The molecule has 0 aromatic rings. The molecule has 8 fully saturated rings. The van der Waals surface area contributed by atoms with E-state index in [4.69, 9.17) is 71.1 Å². The van der Waals surface area contributed by atoms with E-state index < -0.39 is 292 Å². The standard InChI is InChI=1S/C47H80O40/c48-1-10-18(54)25(61)33(69)44(78-10)86-38-28(64)19(55)11(2-49)79-46(38)76-8-15-21(57)26(62)32(68)41(82-15)75-7-16-22(58)27(63)34(70)45(83-16)85-37-23(59)12(3-50)80-47(39(37)87-43-31(67)17(53)9(52)5-73-43)84-36-13(4-51)81-42(35(71)29(36)65)74-6-14-20(56)24(60)30(66)40(72)77-14/h9-72H,1-8H2/t9-,10-,11-,12-,13-,14-,15-,16-,17+,18-,19-,20-,21-,22-,23-,24+,25+,26+,27+,28+,29-,30+,31-,32+,33+,34+,35-,36+,37+,38+,39+,40+,41+,42-,43+,44-,45-,46+,47-/m1/s1. The van der Waals surface area contributed by atoms with Gasteiger partial charge in [-0.25, -0.2) is 0 Å². The summed E-state index contributed by atoms with van der Waals surface area (Å²) in [6.07, 6.45) is -77.0. The fraction of sp³-hybridized carbons (Fsp3) is 1.00. The van der Waals surface area contributed by atoms with Crippen molar-refractivity contribution in [3.05, 3.63) is 0 Å². The minimum atomic E-state index is -2.31. The molecule has 0 radical (unpaired) electrons. The fourth-order valence-corrected chi connectivity index (χ4v) is 10.8. The first-order chi connectivity index (χ1) is 41.2. The lowest BCUT2D eigenvalue weighted by Gasteiger charge is -2.50. The Kier molecular flexibility index (Phi) is 25.1. The van der Waals surface area contributed by atoms with Gasteiger partial charge in [0.1, 0.15) is 189 Å². The highest BCUT2D eigenvalue weighted by Gasteiger charge is 2.58. The molecule has 0 amide bonds. The summed E-state index contributed by atoms with van der Waals surface area (Å²) < 4.78 is 84.7. The number of hydrogen-bond acceptors (Lipinski definition) is 40. The van der Waals surface area contributed by atoms with Crippen LogP contribution in [0.25, 0.3) is 0 Å². The molecule has 8 aliphatic rings. The molecule has 0 aromatic heterocycles. The van der Waals surface area contributed by atoms with Crippen LogP contribution in [-0.2, 0) is 71.1 Å². The van der Waals surface area contributed by atoms with Gasteiger partial charge in [-0.15, -0.1) is 0 Å². The third-order valence-electron chi connectivity index (χ3n) is 16.2. The van der Waals surface area contributed by atoms with Crippen molar-refractivity contribution in [2.24, 2.45) is 0 Å². The fourth-order valence-electron chi connectivity index (χ4n) is 10.8. The van der Waals surface area contributed by atoms with Gasteiger partial charge in [0.2, 0.25) is 0 Å². The van der Waals surface area contributed by atoms with Crippen LogP contribution >= 0.6 is 0 Å². The Bertz CT molecular complexity index is 2080. The lowest BCUT2D eigenvalue weighted by atomic mass is 9.95. The van der Waals surface area contributed by atoms with Gasteiger partial charge in [0, 0.05) is 0 Å². The van der Waals surface area contributed by atoms with Crippen LogP contribution in [0.4, 0.5) is 0 Å². The largest absolute Gasteiger partial charge is 0.394 e. The summed E-state index contributed by atoms with van der Waals surface area (Å²) in [6, 6.07) is 0. The molecule has 40 heteroatoms.